The fourth-order valence-electron chi connectivity index (χ4n) is 1.21. The van der Waals surface area contributed by atoms with Crippen LogP contribution in [-0.2, 0) is 6.42 Å². The highest BCUT2D eigenvalue weighted by atomic mass is 16.6. The third-order valence-corrected chi connectivity index (χ3v) is 1.88. The SMILES string of the molecule is NC(=O)c1ccc2c(c1)CC=NO2. The normalized spacial score (nSPS) is 13.2. The van der Waals surface area contributed by atoms with Gasteiger partial charge >= 0.3 is 0 Å². The van der Waals surface area contributed by atoms with Crippen LogP contribution in [0.2, 0.25) is 0 Å². The lowest BCUT2D eigenvalue weighted by Crippen LogP contribution is -2.12. The van der Waals surface area contributed by atoms with Crippen molar-refractivity contribution >= 4 is 12.1 Å². The summed E-state index contributed by atoms with van der Waals surface area (Å²) in [5.74, 6) is 0.262. The Labute approximate surface area is 75.0 Å². The molecular weight excluding hydrogens is 168 g/mol. The molecule has 0 saturated carbocycles. The molecule has 0 bridgehead atoms. The summed E-state index contributed by atoms with van der Waals surface area (Å²) in [4.78, 5) is 15.8. The predicted molar refractivity (Wildman–Crippen MR) is 47.8 cm³/mol. The molecule has 4 heteroatoms. The van der Waals surface area contributed by atoms with Gasteiger partial charge in [0.1, 0.15) is 0 Å². The van der Waals surface area contributed by atoms with Crippen LogP contribution >= 0.6 is 0 Å². The van der Waals surface area contributed by atoms with E-state index in [4.69, 9.17) is 10.6 Å². The molecule has 1 heterocycles. The van der Waals surface area contributed by atoms with E-state index in [0.717, 1.165) is 5.56 Å². The van der Waals surface area contributed by atoms with E-state index in [0.29, 0.717) is 17.7 Å². The number of hydrogen-bond donors (Lipinski definition) is 1. The number of nitrogens with zero attached hydrogens (tertiary/aromatic N) is 1. The molecular formula is C9H8N2O2. The summed E-state index contributed by atoms with van der Waals surface area (Å²) >= 11 is 0. The smallest absolute Gasteiger partial charge is 0.248 e. The molecule has 0 radical (unpaired) electrons. The third kappa shape index (κ3) is 1.38. The molecule has 13 heavy (non-hydrogen) atoms. The molecule has 1 aromatic rings. The van der Waals surface area contributed by atoms with Crippen LogP contribution in [0.1, 0.15) is 15.9 Å². The van der Waals surface area contributed by atoms with Gasteiger partial charge in [-0.25, -0.2) is 0 Å². The summed E-state index contributed by atoms with van der Waals surface area (Å²) in [6, 6.07) is 5.05. The van der Waals surface area contributed by atoms with Crippen molar-refractivity contribution in [3.05, 3.63) is 29.3 Å². The van der Waals surface area contributed by atoms with Crippen molar-refractivity contribution in [2.24, 2.45) is 10.9 Å². The molecule has 0 aliphatic carbocycles. The van der Waals surface area contributed by atoms with E-state index in [-0.39, 0.29) is 0 Å². The number of carbonyl (C=O) groups is 1. The minimum atomic E-state index is -0.426. The van der Waals surface area contributed by atoms with Crippen molar-refractivity contribution in [1.82, 2.24) is 0 Å². The van der Waals surface area contributed by atoms with E-state index in [1.165, 1.54) is 0 Å². The Morgan fingerprint density at radius 3 is 3.15 bits per heavy atom. The monoisotopic (exact) mass is 176 g/mol. The van der Waals surface area contributed by atoms with Gasteiger partial charge in [0.15, 0.2) is 5.75 Å². The number of hydrogen-bond acceptors (Lipinski definition) is 3. The van der Waals surface area contributed by atoms with Gasteiger partial charge in [-0.15, -0.1) is 0 Å². The van der Waals surface area contributed by atoms with Gasteiger partial charge in [0.25, 0.3) is 0 Å². The molecule has 1 aliphatic rings. The van der Waals surface area contributed by atoms with Crippen molar-refractivity contribution in [2.75, 3.05) is 0 Å². The highest BCUT2D eigenvalue weighted by molar-refractivity contribution is 5.93. The Morgan fingerprint density at radius 2 is 2.38 bits per heavy atom. The minimum Gasteiger partial charge on any atom is -0.366 e. The average molecular weight is 176 g/mol. The van der Waals surface area contributed by atoms with Gasteiger partial charge in [-0.05, 0) is 18.2 Å². The largest absolute Gasteiger partial charge is 0.366 e. The third-order valence-electron chi connectivity index (χ3n) is 1.88. The van der Waals surface area contributed by atoms with Crippen molar-refractivity contribution in [2.45, 2.75) is 6.42 Å². The summed E-state index contributed by atoms with van der Waals surface area (Å²) in [7, 11) is 0. The van der Waals surface area contributed by atoms with E-state index in [9.17, 15) is 4.79 Å². The van der Waals surface area contributed by atoms with E-state index >= 15 is 0 Å². The molecule has 66 valence electrons. The second-order valence-electron chi connectivity index (χ2n) is 2.77. The van der Waals surface area contributed by atoms with Crippen LogP contribution in [0.4, 0.5) is 0 Å². The standard InChI is InChI=1S/C9H8N2O2/c10-9(12)7-1-2-8-6(5-7)3-4-11-13-8/h1-2,4-5H,3H2,(H2,10,12). The lowest BCUT2D eigenvalue weighted by atomic mass is 10.1. The molecule has 0 atom stereocenters. The molecule has 4 nitrogen and oxygen atoms in total. The van der Waals surface area contributed by atoms with Crippen molar-refractivity contribution in [3.8, 4) is 5.75 Å². The van der Waals surface area contributed by atoms with Gasteiger partial charge < -0.3 is 10.6 Å². The molecule has 0 aromatic heterocycles. The van der Waals surface area contributed by atoms with Crippen LogP contribution in [0.5, 0.6) is 5.75 Å². The summed E-state index contributed by atoms with van der Waals surface area (Å²) in [5, 5.41) is 3.65. The fourth-order valence-corrected chi connectivity index (χ4v) is 1.21. The molecule has 2 N–H and O–H groups in total. The lowest BCUT2D eigenvalue weighted by molar-refractivity contribution is 0.1000. The number of primary amides is 1. The van der Waals surface area contributed by atoms with Gasteiger partial charge in [-0.1, -0.05) is 5.16 Å². The number of carbonyl (C=O) groups excluding carboxylic acids is 1. The second kappa shape index (κ2) is 2.90. The van der Waals surface area contributed by atoms with Crippen LogP contribution in [0.25, 0.3) is 0 Å². The molecule has 1 aliphatic heterocycles. The molecule has 1 aromatic carbocycles. The lowest BCUT2D eigenvalue weighted by Gasteiger charge is -2.09. The molecule has 1 amide bonds. The Morgan fingerprint density at radius 1 is 1.54 bits per heavy atom. The number of rotatable bonds is 1. The van der Waals surface area contributed by atoms with Crippen LogP contribution in [0.15, 0.2) is 23.4 Å². The molecule has 2 rings (SSSR count). The fraction of sp³-hybridized carbons (Fsp3) is 0.111. The molecule has 0 unspecified atom stereocenters. The van der Waals surface area contributed by atoms with Crippen molar-refractivity contribution in [3.63, 3.8) is 0 Å². The highest BCUT2D eigenvalue weighted by Gasteiger charge is 2.10. The number of nitrogens with two attached hydrogens (primary N) is 1. The Balaban J connectivity index is 2.44. The number of fused-ring (bicyclic) bond motifs is 1. The van der Waals surface area contributed by atoms with Crippen LogP contribution in [0, 0.1) is 0 Å². The zero-order valence-electron chi connectivity index (χ0n) is 6.86. The Hall–Kier alpha value is -1.84. The van der Waals surface area contributed by atoms with Crippen molar-refractivity contribution in [1.29, 1.82) is 0 Å². The second-order valence-corrected chi connectivity index (χ2v) is 2.77. The Bertz CT molecular complexity index is 385. The topological polar surface area (TPSA) is 64.7 Å². The summed E-state index contributed by atoms with van der Waals surface area (Å²) in [6.45, 7) is 0. The number of amides is 1. The highest BCUT2D eigenvalue weighted by Crippen LogP contribution is 2.22. The first-order valence-electron chi connectivity index (χ1n) is 3.89. The van der Waals surface area contributed by atoms with Gasteiger partial charge in [-0.3, -0.25) is 4.79 Å². The number of oxime groups is 1. The maximum atomic E-state index is 10.8. The van der Waals surface area contributed by atoms with Gasteiger partial charge in [0.05, 0.1) is 0 Å². The van der Waals surface area contributed by atoms with Crippen LogP contribution < -0.4 is 10.6 Å². The van der Waals surface area contributed by atoms with Crippen LogP contribution in [0.3, 0.4) is 0 Å². The first-order valence-corrected chi connectivity index (χ1v) is 3.89. The quantitative estimate of drug-likeness (QED) is 0.684. The van der Waals surface area contributed by atoms with E-state index in [2.05, 4.69) is 5.16 Å². The van der Waals surface area contributed by atoms with E-state index in [1.54, 1.807) is 24.4 Å². The van der Waals surface area contributed by atoms with Gasteiger partial charge in [0.2, 0.25) is 5.91 Å². The summed E-state index contributed by atoms with van der Waals surface area (Å²) < 4.78 is 0. The first-order chi connectivity index (χ1) is 6.27. The zero-order valence-corrected chi connectivity index (χ0v) is 6.86. The van der Waals surface area contributed by atoms with Crippen molar-refractivity contribution < 1.29 is 9.63 Å². The maximum Gasteiger partial charge on any atom is 0.248 e. The average Bonchev–Trinajstić information content (AvgIpc) is 2.17. The van der Waals surface area contributed by atoms with E-state index < -0.39 is 5.91 Å². The minimum absolute atomic E-state index is 0.426. The maximum absolute atomic E-state index is 10.8. The summed E-state index contributed by atoms with van der Waals surface area (Å²) in [6.07, 6.45) is 2.32. The molecule has 0 spiro atoms. The number of benzene rings is 1. The van der Waals surface area contributed by atoms with Crippen LogP contribution in [-0.4, -0.2) is 12.1 Å². The zero-order chi connectivity index (χ0) is 9.26. The summed E-state index contributed by atoms with van der Waals surface area (Å²) in [5.41, 5.74) is 6.57. The molecule has 0 saturated heterocycles. The van der Waals surface area contributed by atoms with Gasteiger partial charge in [-0.2, -0.15) is 0 Å². The van der Waals surface area contributed by atoms with E-state index in [1.807, 2.05) is 0 Å². The van der Waals surface area contributed by atoms with Gasteiger partial charge in [0, 0.05) is 23.8 Å². The molecule has 0 fully saturated rings. The first kappa shape index (κ1) is 7.79. The predicted octanol–water partition coefficient (Wildman–Crippen LogP) is 0.706. The Kier molecular flexibility index (Phi) is 1.73.